The van der Waals surface area contributed by atoms with Crippen LogP contribution >= 0.6 is 0 Å². The highest BCUT2D eigenvalue weighted by atomic mass is 16.5. The van der Waals surface area contributed by atoms with Crippen LogP contribution < -0.4 is 16.1 Å². The van der Waals surface area contributed by atoms with E-state index in [4.69, 9.17) is 14.9 Å². The summed E-state index contributed by atoms with van der Waals surface area (Å²) in [6, 6.07) is 20.7. The van der Waals surface area contributed by atoms with E-state index in [1.165, 1.54) is 4.52 Å². The smallest absolute Gasteiger partial charge is 0.347 e. The van der Waals surface area contributed by atoms with E-state index in [9.17, 15) is 10.1 Å². The number of hydrogen-bond donors (Lipinski definition) is 1. The van der Waals surface area contributed by atoms with Crippen LogP contribution in [0.3, 0.4) is 0 Å². The summed E-state index contributed by atoms with van der Waals surface area (Å²) in [6.45, 7) is 2.01. The number of nitrogens with zero attached hydrogens (tertiary/aromatic N) is 3. The molecule has 32 heavy (non-hydrogen) atoms. The van der Waals surface area contributed by atoms with Crippen LogP contribution in [0.5, 0.6) is 5.75 Å². The van der Waals surface area contributed by atoms with Crippen molar-refractivity contribution in [1.29, 1.82) is 5.26 Å². The van der Waals surface area contributed by atoms with Crippen LogP contribution in [0.25, 0.3) is 38.9 Å². The molecule has 7 nitrogen and oxygen atoms in total. The first kappa shape index (κ1) is 19.4. The van der Waals surface area contributed by atoms with Crippen LogP contribution in [0.15, 0.2) is 69.9 Å². The normalized spacial score (nSPS) is 11.0. The zero-order valence-corrected chi connectivity index (χ0v) is 17.4. The number of fused-ring (bicyclic) bond motifs is 2. The number of nitrogen functional groups attached to an aromatic ring is 1. The van der Waals surface area contributed by atoms with Crippen molar-refractivity contribution in [2.45, 2.75) is 6.92 Å². The van der Waals surface area contributed by atoms with Gasteiger partial charge in [0.25, 0.3) is 0 Å². The van der Waals surface area contributed by atoms with E-state index in [2.05, 4.69) is 11.2 Å². The number of rotatable bonds is 3. The first-order valence-corrected chi connectivity index (χ1v) is 9.91. The lowest BCUT2D eigenvalue weighted by atomic mass is 10.0. The van der Waals surface area contributed by atoms with Crippen molar-refractivity contribution < 1.29 is 9.15 Å². The predicted octanol–water partition coefficient (Wildman–Crippen LogP) is 4.55. The second-order valence-electron chi connectivity index (χ2n) is 7.48. The second kappa shape index (κ2) is 7.29. The molecule has 0 unspecified atom stereocenters. The van der Waals surface area contributed by atoms with Gasteiger partial charge in [-0.25, -0.2) is 9.31 Å². The maximum atomic E-state index is 12.9. The van der Waals surface area contributed by atoms with Crippen molar-refractivity contribution in [3.8, 4) is 34.4 Å². The maximum absolute atomic E-state index is 12.9. The highest BCUT2D eigenvalue weighted by Crippen LogP contribution is 2.32. The Balaban J connectivity index is 1.79. The van der Waals surface area contributed by atoms with Crippen molar-refractivity contribution in [2.75, 3.05) is 12.8 Å². The summed E-state index contributed by atoms with van der Waals surface area (Å²) in [5.74, 6) is 1.15. The minimum absolute atomic E-state index is 0.127. The Bertz CT molecular complexity index is 1590. The molecule has 2 aromatic carbocycles. The number of methoxy groups -OCH3 is 1. The van der Waals surface area contributed by atoms with Crippen LogP contribution in [0.4, 0.5) is 5.82 Å². The molecule has 0 aliphatic rings. The number of benzene rings is 2. The van der Waals surface area contributed by atoms with Gasteiger partial charge >= 0.3 is 5.63 Å². The molecule has 0 radical (unpaired) electrons. The van der Waals surface area contributed by atoms with E-state index in [0.29, 0.717) is 39.2 Å². The van der Waals surface area contributed by atoms with E-state index in [-0.39, 0.29) is 11.2 Å². The van der Waals surface area contributed by atoms with E-state index in [0.717, 1.165) is 11.1 Å². The number of hydrogen-bond acceptors (Lipinski definition) is 6. The van der Waals surface area contributed by atoms with Gasteiger partial charge in [0.05, 0.1) is 23.9 Å². The van der Waals surface area contributed by atoms with E-state index < -0.39 is 5.63 Å². The topological polar surface area (TPSA) is 107 Å². The largest absolute Gasteiger partial charge is 0.497 e. The summed E-state index contributed by atoms with van der Waals surface area (Å²) in [4.78, 5) is 12.9. The fourth-order valence-corrected chi connectivity index (χ4v) is 3.80. The molecule has 0 aliphatic carbocycles. The average Bonchev–Trinajstić information content (AvgIpc) is 3.25. The molecule has 156 valence electrons. The predicted molar refractivity (Wildman–Crippen MR) is 123 cm³/mol. The van der Waals surface area contributed by atoms with Crippen LogP contribution in [-0.4, -0.2) is 16.7 Å². The van der Waals surface area contributed by atoms with Crippen LogP contribution in [0, 0.1) is 18.3 Å². The van der Waals surface area contributed by atoms with Gasteiger partial charge in [-0.2, -0.15) is 10.4 Å². The number of aromatic nitrogens is 2. The summed E-state index contributed by atoms with van der Waals surface area (Å²) >= 11 is 0. The first-order valence-electron chi connectivity index (χ1n) is 9.91. The van der Waals surface area contributed by atoms with Gasteiger partial charge in [-0.3, -0.25) is 0 Å². The molecule has 0 amide bonds. The minimum Gasteiger partial charge on any atom is -0.497 e. The molecule has 3 heterocycles. The summed E-state index contributed by atoms with van der Waals surface area (Å²) in [7, 11) is 1.58. The summed E-state index contributed by atoms with van der Waals surface area (Å²) in [5.41, 5.74) is 9.90. The molecule has 0 saturated carbocycles. The number of nitriles is 1. The van der Waals surface area contributed by atoms with E-state index in [1.807, 2.05) is 31.2 Å². The molecule has 0 bridgehead atoms. The fraction of sp³-hybridized carbons (Fsp3) is 0.0800. The Hall–Kier alpha value is -4.57. The molecule has 0 spiro atoms. The molecule has 0 fully saturated rings. The first-order chi connectivity index (χ1) is 15.5. The highest BCUT2D eigenvalue weighted by Gasteiger charge is 2.20. The second-order valence-corrected chi connectivity index (χ2v) is 7.48. The molecule has 5 rings (SSSR count). The van der Waals surface area contributed by atoms with Crippen LogP contribution in [-0.2, 0) is 0 Å². The van der Waals surface area contributed by atoms with Gasteiger partial charge < -0.3 is 14.9 Å². The summed E-state index contributed by atoms with van der Waals surface area (Å²) in [6.07, 6.45) is 0. The molecule has 0 saturated heterocycles. The quantitative estimate of drug-likeness (QED) is 0.457. The molecule has 2 N–H and O–H groups in total. The van der Waals surface area contributed by atoms with Crippen molar-refractivity contribution in [2.24, 2.45) is 0 Å². The standard InChI is InChI=1S/C25H18N4O3/c1-14-3-5-15(6-4-14)20-12-21-19(13-26)18-11-22(16-7-9-17(31-2)10-8-16)32-25(30)23(18)24(27)29(21)28-20/h3-12H,27H2,1-2H3. The van der Waals surface area contributed by atoms with E-state index in [1.54, 1.807) is 43.5 Å². The van der Waals surface area contributed by atoms with Gasteiger partial charge in [0.15, 0.2) is 0 Å². The van der Waals surface area contributed by atoms with Gasteiger partial charge in [-0.05, 0) is 43.3 Å². The SMILES string of the molecule is COc1ccc(-c2cc3c(C#N)c4cc(-c5ccc(C)cc5)nn4c(N)c3c(=O)o2)cc1. The lowest BCUT2D eigenvalue weighted by Gasteiger charge is -2.09. The number of ether oxygens (including phenoxy) is 1. The van der Waals surface area contributed by atoms with Gasteiger partial charge in [-0.15, -0.1) is 0 Å². The average molecular weight is 422 g/mol. The molecular formula is C25H18N4O3. The Kier molecular flexibility index (Phi) is 4.42. The van der Waals surface area contributed by atoms with Gasteiger partial charge in [0, 0.05) is 16.5 Å². The molecule has 3 aromatic heterocycles. The minimum atomic E-state index is -0.628. The zero-order valence-electron chi connectivity index (χ0n) is 17.4. The van der Waals surface area contributed by atoms with Gasteiger partial charge in [0.2, 0.25) is 0 Å². The van der Waals surface area contributed by atoms with Crippen LogP contribution in [0.1, 0.15) is 11.1 Å². The lowest BCUT2D eigenvalue weighted by molar-refractivity contribution is 0.415. The molecule has 0 atom stereocenters. The molecular weight excluding hydrogens is 404 g/mol. The highest BCUT2D eigenvalue weighted by molar-refractivity contribution is 6.00. The fourth-order valence-electron chi connectivity index (χ4n) is 3.80. The van der Waals surface area contributed by atoms with Gasteiger partial charge in [-0.1, -0.05) is 29.8 Å². The monoisotopic (exact) mass is 422 g/mol. The van der Waals surface area contributed by atoms with Crippen molar-refractivity contribution in [1.82, 2.24) is 9.61 Å². The third-order valence-corrected chi connectivity index (χ3v) is 5.50. The Morgan fingerprint density at radius 1 is 1.06 bits per heavy atom. The van der Waals surface area contributed by atoms with Crippen LogP contribution in [0.2, 0.25) is 0 Å². The Morgan fingerprint density at radius 3 is 2.41 bits per heavy atom. The summed E-state index contributed by atoms with van der Waals surface area (Å²) < 4.78 is 12.2. The number of pyridine rings is 1. The third kappa shape index (κ3) is 2.97. The third-order valence-electron chi connectivity index (χ3n) is 5.50. The maximum Gasteiger partial charge on any atom is 0.347 e. The number of aryl methyl sites for hydroxylation is 1. The van der Waals surface area contributed by atoms with Crippen molar-refractivity contribution in [3.63, 3.8) is 0 Å². The lowest BCUT2D eigenvalue weighted by Crippen LogP contribution is -2.10. The summed E-state index contributed by atoms with van der Waals surface area (Å²) in [5, 5.41) is 15.1. The van der Waals surface area contributed by atoms with E-state index >= 15 is 0 Å². The number of nitrogens with two attached hydrogens (primary N) is 1. The molecule has 7 heteroatoms. The molecule has 0 aliphatic heterocycles. The van der Waals surface area contributed by atoms with Gasteiger partial charge in [0.1, 0.15) is 28.8 Å². The van der Waals surface area contributed by atoms with Crippen molar-refractivity contribution >= 4 is 22.1 Å². The Morgan fingerprint density at radius 2 is 1.75 bits per heavy atom. The number of anilines is 1. The Labute approximate surface area is 182 Å². The zero-order chi connectivity index (χ0) is 22.4. The molecule has 5 aromatic rings. The van der Waals surface area contributed by atoms with Crippen molar-refractivity contribution in [3.05, 3.63) is 82.2 Å².